The van der Waals surface area contributed by atoms with Crippen LogP contribution in [0.1, 0.15) is 19.8 Å². The van der Waals surface area contributed by atoms with Crippen molar-refractivity contribution in [2.45, 2.75) is 31.2 Å². The Morgan fingerprint density at radius 1 is 1.77 bits per heavy atom. The molecule has 1 heterocycles. The number of rotatable bonds is 3. The zero-order valence-corrected chi connectivity index (χ0v) is 8.88. The highest BCUT2D eigenvalue weighted by molar-refractivity contribution is 6.30. The first-order chi connectivity index (χ1) is 6.19. The van der Waals surface area contributed by atoms with Crippen LogP contribution in [0.4, 0.5) is 0 Å². The number of ether oxygens (including phenoxy) is 1. The van der Waals surface area contributed by atoms with E-state index in [-0.39, 0.29) is 17.4 Å². The molecule has 2 atom stereocenters. The molecular weight excluding hydrogens is 190 g/mol. The summed E-state index contributed by atoms with van der Waals surface area (Å²) >= 11 is 5.85. The van der Waals surface area contributed by atoms with Crippen molar-refractivity contribution in [3.63, 3.8) is 0 Å². The van der Waals surface area contributed by atoms with E-state index in [0.717, 1.165) is 13.0 Å². The highest BCUT2D eigenvalue weighted by Gasteiger charge is 2.28. The zero-order valence-electron chi connectivity index (χ0n) is 8.12. The van der Waals surface area contributed by atoms with Gasteiger partial charge in [0, 0.05) is 20.2 Å². The summed E-state index contributed by atoms with van der Waals surface area (Å²) in [5.41, 5.74) is 0. The average Bonchev–Trinajstić information content (AvgIpc) is 2.63. The maximum Gasteiger partial charge on any atom is 0.240 e. The zero-order chi connectivity index (χ0) is 9.84. The quantitative estimate of drug-likeness (QED) is 0.650. The molecule has 1 saturated heterocycles. The summed E-state index contributed by atoms with van der Waals surface area (Å²) in [7, 11) is 1.68. The van der Waals surface area contributed by atoms with Crippen molar-refractivity contribution in [3.8, 4) is 0 Å². The Kier molecular flexibility index (Phi) is 4.00. The number of likely N-dealkylation sites (tertiary alicyclic amines) is 1. The predicted octanol–water partition coefficient (Wildman–Crippen LogP) is 1.25. The molecule has 1 amide bonds. The van der Waals surface area contributed by atoms with Crippen molar-refractivity contribution in [2.75, 3.05) is 20.2 Å². The van der Waals surface area contributed by atoms with E-state index in [9.17, 15) is 4.79 Å². The minimum atomic E-state index is -0.365. The van der Waals surface area contributed by atoms with Gasteiger partial charge < -0.3 is 9.64 Å². The van der Waals surface area contributed by atoms with Crippen LogP contribution in [0.15, 0.2) is 0 Å². The molecule has 0 spiro atoms. The van der Waals surface area contributed by atoms with Gasteiger partial charge in [0.15, 0.2) is 0 Å². The van der Waals surface area contributed by atoms with Crippen molar-refractivity contribution >= 4 is 17.5 Å². The SMILES string of the molecule is CC[C@H](Cl)C(=O)N1CC[C@H](OC)C1. The topological polar surface area (TPSA) is 29.5 Å². The van der Waals surface area contributed by atoms with Gasteiger partial charge in [-0.2, -0.15) is 0 Å². The van der Waals surface area contributed by atoms with Crippen LogP contribution in [-0.4, -0.2) is 42.5 Å². The fraction of sp³-hybridized carbons (Fsp3) is 0.889. The summed E-state index contributed by atoms with van der Waals surface area (Å²) < 4.78 is 5.17. The van der Waals surface area contributed by atoms with E-state index in [4.69, 9.17) is 16.3 Å². The lowest BCUT2D eigenvalue weighted by Crippen LogP contribution is -2.35. The largest absolute Gasteiger partial charge is 0.380 e. The van der Waals surface area contributed by atoms with Gasteiger partial charge in [-0.15, -0.1) is 11.6 Å². The Bertz CT molecular complexity index is 186. The molecule has 0 aromatic carbocycles. The van der Waals surface area contributed by atoms with Gasteiger partial charge >= 0.3 is 0 Å². The normalized spacial score (nSPS) is 24.8. The molecule has 76 valence electrons. The number of hydrogen-bond acceptors (Lipinski definition) is 2. The maximum absolute atomic E-state index is 11.6. The third-order valence-corrected chi connectivity index (χ3v) is 2.91. The fourth-order valence-corrected chi connectivity index (χ4v) is 1.63. The van der Waals surface area contributed by atoms with Crippen LogP contribution >= 0.6 is 11.6 Å². The van der Waals surface area contributed by atoms with E-state index in [1.165, 1.54) is 0 Å². The number of amides is 1. The standard InChI is InChI=1S/C9H16ClNO2/c1-3-8(10)9(12)11-5-4-7(6-11)13-2/h7-8H,3-6H2,1-2H3/t7-,8-/m0/s1. The molecule has 13 heavy (non-hydrogen) atoms. The minimum Gasteiger partial charge on any atom is -0.380 e. The first kappa shape index (κ1) is 10.8. The highest BCUT2D eigenvalue weighted by atomic mass is 35.5. The van der Waals surface area contributed by atoms with Crippen LogP contribution in [-0.2, 0) is 9.53 Å². The molecule has 0 radical (unpaired) electrons. The molecule has 0 aliphatic carbocycles. The summed E-state index contributed by atoms with van der Waals surface area (Å²) in [6, 6.07) is 0. The van der Waals surface area contributed by atoms with Crippen LogP contribution in [0, 0.1) is 0 Å². The molecule has 0 aromatic heterocycles. The van der Waals surface area contributed by atoms with Gasteiger partial charge in [0.25, 0.3) is 0 Å². The van der Waals surface area contributed by atoms with Crippen molar-refractivity contribution < 1.29 is 9.53 Å². The second kappa shape index (κ2) is 4.82. The van der Waals surface area contributed by atoms with Gasteiger partial charge in [0.05, 0.1) is 6.10 Å². The minimum absolute atomic E-state index is 0.0451. The molecule has 0 saturated carbocycles. The van der Waals surface area contributed by atoms with Crippen LogP contribution in [0.5, 0.6) is 0 Å². The smallest absolute Gasteiger partial charge is 0.240 e. The van der Waals surface area contributed by atoms with Gasteiger partial charge in [-0.3, -0.25) is 4.79 Å². The number of halogens is 1. The van der Waals surface area contributed by atoms with Crippen molar-refractivity contribution in [2.24, 2.45) is 0 Å². The lowest BCUT2D eigenvalue weighted by atomic mass is 10.3. The first-order valence-electron chi connectivity index (χ1n) is 4.64. The van der Waals surface area contributed by atoms with E-state index in [1.54, 1.807) is 12.0 Å². The molecule has 1 aliphatic rings. The number of methoxy groups -OCH3 is 1. The average molecular weight is 206 g/mol. The van der Waals surface area contributed by atoms with Gasteiger partial charge in [-0.25, -0.2) is 0 Å². The van der Waals surface area contributed by atoms with E-state index in [2.05, 4.69) is 0 Å². The molecular formula is C9H16ClNO2. The number of alkyl halides is 1. The Morgan fingerprint density at radius 2 is 2.46 bits per heavy atom. The lowest BCUT2D eigenvalue weighted by molar-refractivity contribution is -0.130. The summed E-state index contributed by atoms with van der Waals surface area (Å²) in [6.07, 6.45) is 1.81. The third-order valence-electron chi connectivity index (χ3n) is 2.42. The number of carbonyl (C=O) groups excluding carboxylic acids is 1. The van der Waals surface area contributed by atoms with Crippen molar-refractivity contribution in [3.05, 3.63) is 0 Å². The van der Waals surface area contributed by atoms with E-state index >= 15 is 0 Å². The molecule has 0 unspecified atom stereocenters. The van der Waals surface area contributed by atoms with Crippen LogP contribution < -0.4 is 0 Å². The van der Waals surface area contributed by atoms with Crippen LogP contribution in [0.3, 0.4) is 0 Å². The predicted molar refractivity (Wildman–Crippen MR) is 51.9 cm³/mol. The molecule has 3 nitrogen and oxygen atoms in total. The maximum atomic E-state index is 11.6. The second-order valence-electron chi connectivity index (χ2n) is 3.31. The van der Waals surface area contributed by atoms with Gasteiger partial charge in [0.1, 0.15) is 5.38 Å². The molecule has 0 aromatic rings. The summed E-state index contributed by atoms with van der Waals surface area (Å²) in [5, 5.41) is -0.365. The highest BCUT2D eigenvalue weighted by Crippen LogP contribution is 2.15. The van der Waals surface area contributed by atoms with Crippen LogP contribution in [0.2, 0.25) is 0 Å². The molecule has 4 heteroatoms. The van der Waals surface area contributed by atoms with Crippen molar-refractivity contribution in [1.29, 1.82) is 0 Å². The number of hydrogen-bond donors (Lipinski definition) is 0. The molecule has 1 rings (SSSR count). The van der Waals surface area contributed by atoms with Gasteiger partial charge in [-0.05, 0) is 12.8 Å². The number of carbonyl (C=O) groups is 1. The van der Waals surface area contributed by atoms with Crippen molar-refractivity contribution in [1.82, 2.24) is 4.90 Å². The molecule has 0 bridgehead atoms. The molecule has 1 fully saturated rings. The monoisotopic (exact) mass is 205 g/mol. The third kappa shape index (κ3) is 2.58. The summed E-state index contributed by atoms with van der Waals surface area (Å²) in [6.45, 7) is 3.39. The molecule has 1 aliphatic heterocycles. The Hall–Kier alpha value is -0.280. The lowest BCUT2D eigenvalue weighted by Gasteiger charge is -2.18. The first-order valence-corrected chi connectivity index (χ1v) is 5.08. The Labute approximate surface area is 84.0 Å². The fourth-order valence-electron chi connectivity index (χ4n) is 1.49. The van der Waals surface area contributed by atoms with Gasteiger partial charge in [0.2, 0.25) is 5.91 Å². The van der Waals surface area contributed by atoms with E-state index < -0.39 is 0 Å². The molecule has 0 N–H and O–H groups in total. The van der Waals surface area contributed by atoms with E-state index in [0.29, 0.717) is 13.0 Å². The Balaban J connectivity index is 2.41. The Morgan fingerprint density at radius 3 is 2.92 bits per heavy atom. The summed E-state index contributed by atoms with van der Waals surface area (Å²) in [5.74, 6) is 0.0451. The van der Waals surface area contributed by atoms with Crippen LogP contribution in [0.25, 0.3) is 0 Å². The van der Waals surface area contributed by atoms with Gasteiger partial charge in [-0.1, -0.05) is 6.92 Å². The number of nitrogens with zero attached hydrogens (tertiary/aromatic N) is 1. The summed E-state index contributed by atoms with van der Waals surface area (Å²) in [4.78, 5) is 13.4. The van der Waals surface area contributed by atoms with E-state index in [1.807, 2.05) is 6.92 Å². The second-order valence-corrected chi connectivity index (χ2v) is 3.83.